The summed E-state index contributed by atoms with van der Waals surface area (Å²) in [6.07, 6.45) is 4.87. The normalized spacial score (nSPS) is 22.2. The minimum Gasteiger partial charge on any atom is -0.497 e. The highest BCUT2D eigenvalue weighted by molar-refractivity contribution is 5.34. The molecule has 3 rings (SSSR count). The van der Waals surface area contributed by atoms with Gasteiger partial charge in [0.05, 0.1) is 7.11 Å². The van der Waals surface area contributed by atoms with Crippen LogP contribution in [0, 0.1) is 0 Å². The highest BCUT2D eigenvalue weighted by Gasteiger charge is 2.36. The number of benzene rings is 1. The van der Waals surface area contributed by atoms with Gasteiger partial charge in [-0.1, -0.05) is 12.1 Å². The molecule has 0 aromatic heterocycles. The van der Waals surface area contributed by atoms with Crippen LogP contribution in [0.2, 0.25) is 0 Å². The van der Waals surface area contributed by atoms with Crippen molar-refractivity contribution in [2.75, 3.05) is 26.9 Å². The van der Waals surface area contributed by atoms with Crippen LogP contribution in [0.4, 0.5) is 0 Å². The van der Waals surface area contributed by atoms with E-state index >= 15 is 0 Å². The van der Waals surface area contributed by atoms with Gasteiger partial charge >= 0.3 is 0 Å². The number of hydrogen-bond acceptors (Lipinski definition) is 3. The zero-order chi connectivity index (χ0) is 13.1. The molecule has 1 aromatic carbocycles. The zero-order valence-corrected chi connectivity index (χ0v) is 11.7. The maximum absolute atomic E-state index is 5.57. The Kier molecular flexibility index (Phi) is 3.76. The molecule has 104 valence electrons. The molecule has 0 radical (unpaired) electrons. The number of rotatable bonds is 5. The van der Waals surface area contributed by atoms with Crippen LogP contribution in [-0.4, -0.2) is 32.9 Å². The molecule has 1 saturated heterocycles. The second-order valence-electron chi connectivity index (χ2n) is 5.78. The average Bonchev–Trinajstić information content (AvgIpc) is 3.30. The molecule has 3 heteroatoms. The van der Waals surface area contributed by atoms with E-state index in [1.165, 1.54) is 18.4 Å². The van der Waals surface area contributed by atoms with Crippen LogP contribution in [0.1, 0.15) is 31.2 Å². The molecule has 1 saturated carbocycles. The SMILES string of the molecule is COc1cccc(C2(CNC3CC3)CCOCC2)c1. The minimum absolute atomic E-state index is 0.218. The fraction of sp³-hybridized carbons (Fsp3) is 0.625. The molecule has 0 bridgehead atoms. The first kappa shape index (κ1) is 12.9. The number of nitrogens with one attached hydrogen (secondary N) is 1. The van der Waals surface area contributed by atoms with E-state index in [0.29, 0.717) is 0 Å². The summed E-state index contributed by atoms with van der Waals surface area (Å²) in [6.45, 7) is 2.79. The van der Waals surface area contributed by atoms with E-state index in [0.717, 1.165) is 44.4 Å². The van der Waals surface area contributed by atoms with Crippen molar-refractivity contribution < 1.29 is 9.47 Å². The van der Waals surface area contributed by atoms with E-state index in [1.807, 2.05) is 6.07 Å². The Hall–Kier alpha value is -1.06. The summed E-state index contributed by atoms with van der Waals surface area (Å²) in [7, 11) is 1.73. The highest BCUT2D eigenvalue weighted by Crippen LogP contribution is 2.36. The summed E-state index contributed by atoms with van der Waals surface area (Å²) in [5.41, 5.74) is 1.61. The van der Waals surface area contributed by atoms with E-state index in [4.69, 9.17) is 9.47 Å². The fourth-order valence-electron chi connectivity index (χ4n) is 2.91. The number of hydrogen-bond donors (Lipinski definition) is 1. The van der Waals surface area contributed by atoms with Crippen molar-refractivity contribution in [3.05, 3.63) is 29.8 Å². The quantitative estimate of drug-likeness (QED) is 0.883. The van der Waals surface area contributed by atoms with Crippen molar-refractivity contribution >= 4 is 0 Å². The standard InChI is InChI=1S/C16H23NO2/c1-18-15-4-2-3-13(11-15)16(7-9-19-10-8-16)12-17-14-5-6-14/h2-4,11,14,17H,5-10,12H2,1H3. The molecule has 1 aliphatic heterocycles. The molecule has 1 aromatic rings. The van der Waals surface area contributed by atoms with E-state index < -0.39 is 0 Å². The Morgan fingerprint density at radius 2 is 2.11 bits per heavy atom. The lowest BCUT2D eigenvalue weighted by Crippen LogP contribution is -2.43. The summed E-state index contributed by atoms with van der Waals surface area (Å²) in [5, 5.41) is 3.71. The van der Waals surface area contributed by atoms with Crippen molar-refractivity contribution in [2.45, 2.75) is 37.1 Å². The van der Waals surface area contributed by atoms with Crippen LogP contribution >= 0.6 is 0 Å². The van der Waals surface area contributed by atoms with Crippen LogP contribution in [0.5, 0.6) is 5.75 Å². The molecule has 0 atom stereocenters. The minimum atomic E-state index is 0.218. The zero-order valence-electron chi connectivity index (χ0n) is 11.7. The van der Waals surface area contributed by atoms with Crippen LogP contribution in [0.15, 0.2) is 24.3 Å². The van der Waals surface area contributed by atoms with Crippen LogP contribution in [-0.2, 0) is 10.2 Å². The van der Waals surface area contributed by atoms with Crippen LogP contribution < -0.4 is 10.1 Å². The molecular formula is C16H23NO2. The van der Waals surface area contributed by atoms with Crippen LogP contribution in [0.25, 0.3) is 0 Å². The first-order chi connectivity index (χ1) is 9.32. The third-order valence-electron chi connectivity index (χ3n) is 4.44. The molecule has 3 nitrogen and oxygen atoms in total. The van der Waals surface area contributed by atoms with Gasteiger partial charge in [-0.05, 0) is 43.4 Å². The molecule has 1 N–H and O–H groups in total. The van der Waals surface area contributed by atoms with E-state index in [9.17, 15) is 0 Å². The second kappa shape index (κ2) is 5.51. The topological polar surface area (TPSA) is 30.5 Å². The maximum Gasteiger partial charge on any atom is 0.119 e. The summed E-state index contributed by atoms with van der Waals surface area (Å²) in [5.74, 6) is 0.954. The van der Waals surface area contributed by atoms with Crippen molar-refractivity contribution in [1.82, 2.24) is 5.32 Å². The second-order valence-corrected chi connectivity index (χ2v) is 5.78. The Labute approximate surface area is 115 Å². The molecule has 1 aliphatic carbocycles. The van der Waals surface area contributed by atoms with Crippen LogP contribution in [0.3, 0.4) is 0 Å². The summed E-state index contributed by atoms with van der Waals surface area (Å²) >= 11 is 0. The lowest BCUT2D eigenvalue weighted by molar-refractivity contribution is 0.0497. The van der Waals surface area contributed by atoms with E-state index in [2.05, 4.69) is 23.5 Å². The molecule has 0 unspecified atom stereocenters. The van der Waals surface area contributed by atoms with Gasteiger partial charge in [0.2, 0.25) is 0 Å². The van der Waals surface area contributed by atoms with Crippen molar-refractivity contribution in [3.63, 3.8) is 0 Å². The van der Waals surface area contributed by atoms with Crippen molar-refractivity contribution in [3.8, 4) is 5.75 Å². The molecule has 0 spiro atoms. The Balaban J connectivity index is 1.82. The first-order valence-corrected chi connectivity index (χ1v) is 7.28. The van der Waals surface area contributed by atoms with Crippen molar-refractivity contribution in [2.24, 2.45) is 0 Å². The van der Waals surface area contributed by atoms with Gasteiger partial charge in [-0.25, -0.2) is 0 Å². The van der Waals surface area contributed by atoms with Gasteiger partial charge in [0.15, 0.2) is 0 Å². The van der Waals surface area contributed by atoms with Gasteiger partial charge in [0.25, 0.3) is 0 Å². The summed E-state index contributed by atoms with van der Waals surface area (Å²) in [4.78, 5) is 0. The lowest BCUT2D eigenvalue weighted by atomic mass is 9.74. The van der Waals surface area contributed by atoms with Gasteiger partial charge in [0.1, 0.15) is 5.75 Å². The maximum atomic E-state index is 5.57. The molecule has 19 heavy (non-hydrogen) atoms. The Bertz CT molecular complexity index is 423. The molecule has 2 aliphatic rings. The van der Waals surface area contributed by atoms with E-state index in [-0.39, 0.29) is 5.41 Å². The van der Waals surface area contributed by atoms with Gasteiger partial charge in [-0.3, -0.25) is 0 Å². The lowest BCUT2D eigenvalue weighted by Gasteiger charge is -2.38. The smallest absolute Gasteiger partial charge is 0.119 e. The average molecular weight is 261 g/mol. The molecule has 2 fully saturated rings. The predicted octanol–water partition coefficient (Wildman–Crippen LogP) is 2.50. The molecule has 0 amide bonds. The largest absolute Gasteiger partial charge is 0.497 e. The summed E-state index contributed by atoms with van der Waals surface area (Å²) in [6, 6.07) is 9.31. The van der Waals surface area contributed by atoms with E-state index in [1.54, 1.807) is 7.11 Å². The Morgan fingerprint density at radius 3 is 2.79 bits per heavy atom. The monoisotopic (exact) mass is 261 g/mol. The predicted molar refractivity (Wildman–Crippen MR) is 75.7 cm³/mol. The van der Waals surface area contributed by atoms with Gasteiger partial charge < -0.3 is 14.8 Å². The van der Waals surface area contributed by atoms with Gasteiger partial charge in [-0.15, -0.1) is 0 Å². The summed E-state index contributed by atoms with van der Waals surface area (Å²) < 4.78 is 10.9. The number of methoxy groups -OCH3 is 1. The van der Waals surface area contributed by atoms with Gasteiger partial charge in [0, 0.05) is 31.2 Å². The third-order valence-corrected chi connectivity index (χ3v) is 4.44. The molecular weight excluding hydrogens is 238 g/mol. The first-order valence-electron chi connectivity index (χ1n) is 7.28. The van der Waals surface area contributed by atoms with Gasteiger partial charge in [-0.2, -0.15) is 0 Å². The fourth-order valence-corrected chi connectivity index (χ4v) is 2.91. The highest BCUT2D eigenvalue weighted by atomic mass is 16.5. The number of ether oxygens (including phenoxy) is 2. The third kappa shape index (κ3) is 2.93. The Morgan fingerprint density at radius 1 is 1.32 bits per heavy atom. The molecule has 1 heterocycles. The van der Waals surface area contributed by atoms with Crippen molar-refractivity contribution in [1.29, 1.82) is 0 Å².